The summed E-state index contributed by atoms with van der Waals surface area (Å²) in [6.07, 6.45) is 3.59. The van der Waals surface area contributed by atoms with Gasteiger partial charge in [0.2, 0.25) is 0 Å². The van der Waals surface area contributed by atoms with Crippen molar-refractivity contribution in [3.05, 3.63) is 41.0 Å². The molecule has 0 saturated carbocycles. The Morgan fingerprint density at radius 2 is 1.88 bits per heavy atom. The molecule has 17 heavy (non-hydrogen) atoms. The van der Waals surface area contributed by atoms with E-state index in [1.54, 1.807) is 12.2 Å². The average Bonchev–Trinajstić information content (AvgIpc) is 2.29. The second kappa shape index (κ2) is 5.81. The molecule has 1 rings (SSSR count). The quantitative estimate of drug-likeness (QED) is 0.719. The summed E-state index contributed by atoms with van der Waals surface area (Å²) in [6.45, 7) is -0.0217. The zero-order valence-corrected chi connectivity index (χ0v) is 8.96. The molecule has 0 saturated heterocycles. The van der Waals surface area contributed by atoms with Gasteiger partial charge in [-0.15, -0.1) is 0 Å². The number of benzene rings is 1. The highest BCUT2D eigenvalue weighted by molar-refractivity contribution is 5.96. The van der Waals surface area contributed by atoms with Gasteiger partial charge in [0.1, 0.15) is 0 Å². The standard InChI is InChI=1S/C12H12O5/c13-6-2-1-3-8-4-5-9(11(14)15)7-10(8)12(16)17/h1,3-5,7,13H,2,6H2,(H,14,15)(H,16,17). The number of carbonyl (C=O) groups is 2. The lowest BCUT2D eigenvalue weighted by atomic mass is 10.0. The van der Waals surface area contributed by atoms with Gasteiger partial charge in [0.05, 0.1) is 11.1 Å². The Morgan fingerprint density at radius 3 is 2.41 bits per heavy atom. The molecule has 1 aromatic rings. The smallest absolute Gasteiger partial charge is 0.336 e. The number of aliphatic hydroxyl groups excluding tert-OH is 1. The summed E-state index contributed by atoms with van der Waals surface area (Å²) in [6, 6.07) is 3.89. The van der Waals surface area contributed by atoms with Gasteiger partial charge in [-0.1, -0.05) is 18.2 Å². The summed E-state index contributed by atoms with van der Waals surface area (Å²) in [5.41, 5.74) is 0.275. The van der Waals surface area contributed by atoms with Crippen LogP contribution in [-0.4, -0.2) is 33.9 Å². The summed E-state index contributed by atoms with van der Waals surface area (Å²) in [5.74, 6) is -2.35. The van der Waals surface area contributed by atoms with Crippen molar-refractivity contribution in [1.82, 2.24) is 0 Å². The molecular formula is C12H12O5. The van der Waals surface area contributed by atoms with Crippen LogP contribution in [0.2, 0.25) is 0 Å². The maximum absolute atomic E-state index is 11.0. The van der Waals surface area contributed by atoms with Gasteiger partial charge in [-0.3, -0.25) is 0 Å². The van der Waals surface area contributed by atoms with Crippen LogP contribution in [-0.2, 0) is 0 Å². The first-order valence-electron chi connectivity index (χ1n) is 4.94. The number of hydrogen-bond donors (Lipinski definition) is 3. The van der Waals surface area contributed by atoms with E-state index in [0.717, 1.165) is 6.07 Å². The summed E-state index contributed by atoms with van der Waals surface area (Å²) >= 11 is 0. The number of hydrogen-bond acceptors (Lipinski definition) is 3. The van der Waals surface area contributed by atoms with Gasteiger partial charge in [0, 0.05) is 6.61 Å². The van der Waals surface area contributed by atoms with Crippen molar-refractivity contribution < 1.29 is 24.9 Å². The number of carboxylic acid groups (broad SMARTS) is 2. The van der Waals surface area contributed by atoms with Gasteiger partial charge in [0.15, 0.2) is 0 Å². The molecule has 0 aromatic heterocycles. The minimum Gasteiger partial charge on any atom is -0.478 e. The van der Waals surface area contributed by atoms with Crippen LogP contribution in [0, 0.1) is 0 Å². The molecule has 0 aliphatic rings. The molecule has 0 unspecified atom stereocenters. The predicted octanol–water partition coefficient (Wildman–Crippen LogP) is 1.48. The van der Waals surface area contributed by atoms with Crippen LogP contribution in [0.3, 0.4) is 0 Å². The van der Waals surface area contributed by atoms with Crippen molar-refractivity contribution in [1.29, 1.82) is 0 Å². The van der Waals surface area contributed by atoms with Crippen molar-refractivity contribution in [2.75, 3.05) is 6.61 Å². The third-order valence-corrected chi connectivity index (χ3v) is 2.12. The summed E-state index contributed by atoms with van der Waals surface area (Å²) in [7, 11) is 0. The molecule has 3 N–H and O–H groups in total. The zero-order chi connectivity index (χ0) is 12.8. The molecule has 90 valence electrons. The normalized spacial score (nSPS) is 10.6. The van der Waals surface area contributed by atoms with Crippen LogP contribution in [0.15, 0.2) is 24.3 Å². The van der Waals surface area contributed by atoms with Gasteiger partial charge < -0.3 is 15.3 Å². The van der Waals surface area contributed by atoms with Crippen LogP contribution < -0.4 is 0 Å². The lowest BCUT2D eigenvalue weighted by Crippen LogP contribution is -2.04. The Morgan fingerprint density at radius 1 is 1.18 bits per heavy atom. The minimum absolute atomic E-state index is 0.0217. The highest BCUT2D eigenvalue weighted by atomic mass is 16.4. The van der Waals surface area contributed by atoms with Crippen molar-refractivity contribution in [3.63, 3.8) is 0 Å². The van der Waals surface area contributed by atoms with E-state index in [-0.39, 0.29) is 17.7 Å². The number of rotatable bonds is 5. The molecule has 0 spiro atoms. The summed E-state index contributed by atoms with van der Waals surface area (Å²) < 4.78 is 0. The molecular weight excluding hydrogens is 224 g/mol. The van der Waals surface area contributed by atoms with E-state index in [9.17, 15) is 9.59 Å². The van der Waals surface area contributed by atoms with Crippen LogP contribution in [0.1, 0.15) is 32.7 Å². The third-order valence-electron chi connectivity index (χ3n) is 2.12. The van der Waals surface area contributed by atoms with E-state index in [0.29, 0.717) is 12.0 Å². The van der Waals surface area contributed by atoms with Crippen LogP contribution >= 0.6 is 0 Å². The van der Waals surface area contributed by atoms with Gasteiger partial charge in [-0.05, 0) is 24.1 Å². The van der Waals surface area contributed by atoms with Crippen molar-refractivity contribution in [2.45, 2.75) is 6.42 Å². The predicted molar refractivity (Wildman–Crippen MR) is 61.1 cm³/mol. The van der Waals surface area contributed by atoms with E-state index in [1.165, 1.54) is 12.1 Å². The Kier molecular flexibility index (Phi) is 4.42. The average molecular weight is 236 g/mol. The first kappa shape index (κ1) is 12.9. The Bertz CT molecular complexity index is 462. The van der Waals surface area contributed by atoms with E-state index in [2.05, 4.69) is 0 Å². The fourth-order valence-corrected chi connectivity index (χ4v) is 1.30. The topological polar surface area (TPSA) is 94.8 Å². The molecule has 0 bridgehead atoms. The monoisotopic (exact) mass is 236 g/mol. The second-order valence-electron chi connectivity index (χ2n) is 3.33. The molecule has 1 aromatic carbocycles. The van der Waals surface area contributed by atoms with Gasteiger partial charge in [-0.2, -0.15) is 0 Å². The zero-order valence-electron chi connectivity index (χ0n) is 8.96. The van der Waals surface area contributed by atoms with Crippen LogP contribution in [0.25, 0.3) is 6.08 Å². The van der Waals surface area contributed by atoms with Crippen LogP contribution in [0.5, 0.6) is 0 Å². The first-order chi connectivity index (χ1) is 8.06. The van der Waals surface area contributed by atoms with E-state index >= 15 is 0 Å². The molecule has 5 nitrogen and oxygen atoms in total. The number of aromatic carboxylic acids is 2. The molecule has 0 amide bonds. The minimum atomic E-state index is -1.18. The number of aliphatic hydroxyl groups is 1. The highest BCUT2D eigenvalue weighted by Gasteiger charge is 2.12. The fraction of sp³-hybridized carbons (Fsp3) is 0.167. The molecule has 5 heteroatoms. The van der Waals surface area contributed by atoms with Crippen molar-refractivity contribution >= 4 is 18.0 Å². The molecule has 0 aliphatic carbocycles. The van der Waals surface area contributed by atoms with Crippen LogP contribution in [0.4, 0.5) is 0 Å². The lowest BCUT2D eigenvalue weighted by Gasteiger charge is -2.02. The summed E-state index contributed by atoms with van der Waals surface area (Å²) in [5, 5.41) is 26.3. The maximum atomic E-state index is 11.0. The largest absolute Gasteiger partial charge is 0.478 e. The molecule has 0 fully saturated rings. The SMILES string of the molecule is O=C(O)c1ccc(C=CCCO)c(C(=O)O)c1. The van der Waals surface area contributed by atoms with Gasteiger partial charge in [0.25, 0.3) is 0 Å². The molecule has 0 aliphatic heterocycles. The first-order valence-corrected chi connectivity index (χ1v) is 4.94. The Balaban J connectivity index is 3.13. The van der Waals surface area contributed by atoms with Gasteiger partial charge in [-0.25, -0.2) is 9.59 Å². The Labute approximate surface area is 97.6 Å². The number of carboxylic acids is 2. The molecule has 0 radical (unpaired) electrons. The fourth-order valence-electron chi connectivity index (χ4n) is 1.30. The van der Waals surface area contributed by atoms with E-state index in [1.807, 2.05) is 0 Å². The Hall–Kier alpha value is -2.14. The lowest BCUT2D eigenvalue weighted by molar-refractivity contribution is 0.0695. The third kappa shape index (κ3) is 3.42. The van der Waals surface area contributed by atoms with Crippen molar-refractivity contribution in [3.8, 4) is 0 Å². The van der Waals surface area contributed by atoms with E-state index in [4.69, 9.17) is 15.3 Å². The molecule has 0 atom stereocenters. The van der Waals surface area contributed by atoms with Gasteiger partial charge >= 0.3 is 11.9 Å². The summed E-state index contributed by atoms with van der Waals surface area (Å²) in [4.78, 5) is 21.7. The van der Waals surface area contributed by atoms with E-state index < -0.39 is 11.9 Å². The molecule has 0 heterocycles. The second-order valence-corrected chi connectivity index (χ2v) is 3.33. The van der Waals surface area contributed by atoms with Crippen molar-refractivity contribution in [2.24, 2.45) is 0 Å². The maximum Gasteiger partial charge on any atom is 0.336 e. The highest BCUT2D eigenvalue weighted by Crippen LogP contribution is 2.14.